The third-order valence-electron chi connectivity index (χ3n) is 4.36. The fourth-order valence-electron chi connectivity index (χ4n) is 2.97. The van der Waals surface area contributed by atoms with Gasteiger partial charge in [0.1, 0.15) is 0 Å². The summed E-state index contributed by atoms with van der Waals surface area (Å²) < 4.78 is 31.2. The first-order valence-electron chi connectivity index (χ1n) is 7.60. The topological polar surface area (TPSA) is 55.3 Å². The quantitative estimate of drug-likeness (QED) is 0.855. The molecule has 1 aliphatic heterocycles. The Morgan fingerprint density at radius 3 is 2.50 bits per heavy atom. The van der Waals surface area contributed by atoms with Crippen LogP contribution in [0.15, 0.2) is 18.5 Å². The molecule has 0 spiro atoms. The van der Waals surface area contributed by atoms with E-state index in [0.29, 0.717) is 31.6 Å². The Balaban J connectivity index is 1.40. The van der Waals surface area contributed by atoms with Crippen LogP contribution in [-0.4, -0.2) is 46.4 Å². The van der Waals surface area contributed by atoms with E-state index in [1.807, 2.05) is 0 Å². The molecule has 0 bridgehead atoms. The van der Waals surface area contributed by atoms with Gasteiger partial charge in [-0.2, -0.15) is 0 Å². The lowest BCUT2D eigenvalue weighted by Gasteiger charge is -2.39. The molecule has 0 unspecified atom stereocenters. The lowest BCUT2D eigenvalue weighted by Crippen LogP contribution is -2.49. The van der Waals surface area contributed by atoms with Crippen molar-refractivity contribution in [3.05, 3.63) is 18.5 Å². The number of hydrogen-bond donors (Lipinski definition) is 0. The normalized spacial score (nSPS) is 22.2. The standard InChI is InChI=1S/C15H19F2N3O2/c16-15(17)8-12(9-15)13(21)20-6-2-11(3-7-20)10-22-14-18-4-1-5-19-14/h1,4-5,11-12H,2-3,6-10H2. The number of rotatable bonds is 4. The number of hydrogen-bond acceptors (Lipinski definition) is 4. The van der Waals surface area contributed by atoms with Crippen LogP contribution < -0.4 is 4.74 Å². The molecular weight excluding hydrogens is 292 g/mol. The Labute approximate surface area is 127 Å². The van der Waals surface area contributed by atoms with Crippen molar-refractivity contribution in [3.8, 4) is 6.01 Å². The van der Waals surface area contributed by atoms with Crippen molar-refractivity contribution >= 4 is 5.91 Å². The molecule has 0 atom stereocenters. The molecule has 0 aromatic carbocycles. The van der Waals surface area contributed by atoms with E-state index >= 15 is 0 Å². The minimum absolute atomic E-state index is 0.114. The second-order valence-corrected chi connectivity index (χ2v) is 6.07. The van der Waals surface area contributed by atoms with E-state index in [2.05, 4.69) is 9.97 Å². The number of carbonyl (C=O) groups excluding carboxylic acids is 1. The predicted octanol–water partition coefficient (Wildman–Crippen LogP) is 2.14. The number of amides is 1. The molecule has 3 rings (SSSR count). The largest absolute Gasteiger partial charge is 0.463 e. The molecule has 1 aromatic heterocycles. The number of aromatic nitrogens is 2. The molecule has 7 heteroatoms. The highest BCUT2D eigenvalue weighted by Crippen LogP contribution is 2.43. The molecule has 1 aromatic rings. The highest BCUT2D eigenvalue weighted by Gasteiger charge is 2.49. The summed E-state index contributed by atoms with van der Waals surface area (Å²) in [6.07, 6.45) is 4.31. The van der Waals surface area contributed by atoms with E-state index in [-0.39, 0.29) is 18.7 Å². The molecule has 0 radical (unpaired) electrons. The Kier molecular flexibility index (Phi) is 4.22. The van der Waals surface area contributed by atoms with Crippen molar-refractivity contribution in [2.75, 3.05) is 19.7 Å². The minimum atomic E-state index is -2.64. The Bertz CT molecular complexity index is 511. The van der Waals surface area contributed by atoms with Gasteiger partial charge in [0.2, 0.25) is 11.8 Å². The van der Waals surface area contributed by atoms with Crippen LogP contribution in [0.2, 0.25) is 0 Å². The smallest absolute Gasteiger partial charge is 0.316 e. The van der Waals surface area contributed by atoms with Crippen LogP contribution in [0.25, 0.3) is 0 Å². The zero-order chi connectivity index (χ0) is 15.6. The Hall–Kier alpha value is -1.79. The molecule has 120 valence electrons. The SMILES string of the molecule is O=C(C1CC(F)(F)C1)N1CCC(COc2ncccn2)CC1. The number of carbonyl (C=O) groups is 1. The predicted molar refractivity (Wildman–Crippen MR) is 74.5 cm³/mol. The fraction of sp³-hybridized carbons (Fsp3) is 0.667. The van der Waals surface area contributed by atoms with Crippen molar-refractivity contribution in [1.82, 2.24) is 14.9 Å². The van der Waals surface area contributed by atoms with Gasteiger partial charge in [-0.05, 0) is 24.8 Å². The van der Waals surface area contributed by atoms with Gasteiger partial charge in [0.15, 0.2) is 0 Å². The summed E-state index contributed by atoms with van der Waals surface area (Å²) in [6, 6.07) is 2.08. The summed E-state index contributed by atoms with van der Waals surface area (Å²) in [7, 11) is 0. The van der Waals surface area contributed by atoms with Gasteiger partial charge in [0, 0.05) is 44.2 Å². The summed E-state index contributed by atoms with van der Waals surface area (Å²) in [6.45, 7) is 1.75. The molecule has 5 nitrogen and oxygen atoms in total. The van der Waals surface area contributed by atoms with Gasteiger partial charge >= 0.3 is 6.01 Å². The van der Waals surface area contributed by atoms with Gasteiger partial charge < -0.3 is 9.64 Å². The second-order valence-electron chi connectivity index (χ2n) is 6.07. The van der Waals surface area contributed by atoms with E-state index in [1.165, 1.54) is 0 Å². The number of ether oxygens (including phenoxy) is 1. The lowest BCUT2D eigenvalue weighted by atomic mass is 9.80. The average Bonchev–Trinajstić information content (AvgIpc) is 2.51. The molecule has 0 N–H and O–H groups in total. The third-order valence-corrected chi connectivity index (χ3v) is 4.36. The van der Waals surface area contributed by atoms with Gasteiger partial charge in [-0.15, -0.1) is 0 Å². The molecule has 2 fully saturated rings. The summed E-state index contributed by atoms with van der Waals surface area (Å²) in [4.78, 5) is 21.8. The number of piperidine rings is 1. The van der Waals surface area contributed by atoms with E-state index < -0.39 is 11.8 Å². The van der Waals surface area contributed by atoms with Crippen molar-refractivity contribution in [2.24, 2.45) is 11.8 Å². The molecular formula is C15H19F2N3O2. The minimum Gasteiger partial charge on any atom is -0.463 e. The van der Waals surface area contributed by atoms with Crippen LogP contribution in [0.4, 0.5) is 8.78 Å². The van der Waals surface area contributed by atoms with Gasteiger partial charge in [0.25, 0.3) is 0 Å². The van der Waals surface area contributed by atoms with E-state index in [1.54, 1.807) is 23.4 Å². The van der Waals surface area contributed by atoms with Crippen molar-refractivity contribution in [3.63, 3.8) is 0 Å². The molecule has 1 saturated heterocycles. The lowest BCUT2D eigenvalue weighted by molar-refractivity contribution is -0.161. The fourth-order valence-corrected chi connectivity index (χ4v) is 2.97. The number of alkyl halides is 2. The van der Waals surface area contributed by atoms with Crippen LogP contribution in [-0.2, 0) is 4.79 Å². The van der Waals surface area contributed by atoms with Gasteiger partial charge in [-0.1, -0.05) is 0 Å². The molecule has 2 heterocycles. The summed E-state index contributed by atoms with van der Waals surface area (Å²) >= 11 is 0. The third kappa shape index (κ3) is 3.51. The number of halogens is 2. The monoisotopic (exact) mass is 311 g/mol. The Morgan fingerprint density at radius 1 is 1.27 bits per heavy atom. The molecule has 1 amide bonds. The highest BCUT2D eigenvalue weighted by atomic mass is 19.3. The number of likely N-dealkylation sites (tertiary alicyclic amines) is 1. The van der Waals surface area contributed by atoms with Crippen LogP contribution >= 0.6 is 0 Å². The van der Waals surface area contributed by atoms with Crippen molar-refractivity contribution in [1.29, 1.82) is 0 Å². The second kappa shape index (κ2) is 6.14. The maximum Gasteiger partial charge on any atom is 0.316 e. The van der Waals surface area contributed by atoms with Gasteiger partial charge in [-0.3, -0.25) is 4.79 Å². The molecule has 2 aliphatic rings. The van der Waals surface area contributed by atoms with Crippen molar-refractivity contribution in [2.45, 2.75) is 31.6 Å². The van der Waals surface area contributed by atoms with Crippen LogP contribution in [0.3, 0.4) is 0 Å². The van der Waals surface area contributed by atoms with Crippen LogP contribution in [0, 0.1) is 11.8 Å². The highest BCUT2D eigenvalue weighted by molar-refractivity contribution is 5.80. The first kappa shape index (κ1) is 15.1. The summed E-state index contributed by atoms with van der Waals surface area (Å²) in [5, 5.41) is 0. The maximum atomic E-state index is 12.8. The molecule has 22 heavy (non-hydrogen) atoms. The number of nitrogens with zero attached hydrogens (tertiary/aromatic N) is 3. The van der Waals surface area contributed by atoms with Crippen LogP contribution in [0.5, 0.6) is 6.01 Å². The molecule has 1 aliphatic carbocycles. The maximum absolute atomic E-state index is 12.8. The summed E-state index contributed by atoms with van der Waals surface area (Å²) in [5.41, 5.74) is 0. The van der Waals surface area contributed by atoms with Gasteiger partial charge in [-0.25, -0.2) is 18.7 Å². The zero-order valence-electron chi connectivity index (χ0n) is 12.3. The van der Waals surface area contributed by atoms with E-state index in [9.17, 15) is 13.6 Å². The van der Waals surface area contributed by atoms with Gasteiger partial charge in [0.05, 0.1) is 6.61 Å². The molecule has 1 saturated carbocycles. The van der Waals surface area contributed by atoms with Crippen LogP contribution in [0.1, 0.15) is 25.7 Å². The zero-order valence-corrected chi connectivity index (χ0v) is 12.3. The average molecular weight is 311 g/mol. The van der Waals surface area contributed by atoms with Crippen molar-refractivity contribution < 1.29 is 18.3 Å². The first-order chi connectivity index (χ1) is 10.5. The summed E-state index contributed by atoms with van der Waals surface area (Å²) in [5.74, 6) is -2.89. The first-order valence-corrected chi connectivity index (χ1v) is 7.60. The van der Waals surface area contributed by atoms with E-state index in [4.69, 9.17) is 4.74 Å². The Morgan fingerprint density at radius 2 is 1.91 bits per heavy atom. The van der Waals surface area contributed by atoms with E-state index in [0.717, 1.165) is 12.8 Å².